The van der Waals surface area contributed by atoms with Gasteiger partial charge in [0.15, 0.2) is 10.8 Å². The zero-order valence-electron chi connectivity index (χ0n) is 12.4. The van der Waals surface area contributed by atoms with E-state index in [9.17, 15) is 0 Å². The van der Waals surface area contributed by atoms with Crippen LogP contribution in [-0.4, -0.2) is 15.2 Å². The van der Waals surface area contributed by atoms with Crippen LogP contribution in [0, 0.1) is 6.92 Å². The number of aromatic amines is 1. The van der Waals surface area contributed by atoms with Crippen LogP contribution in [0.2, 0.25) is 0 Å². The van der Waals surface area contributed by atoms with E-state index in [4.69, 9.17) is 4.42 Å². The Morgan fingerprint density at radius 3 is 3.27 bits per heavy atom. The van der Waals surface area contributed by atoms with Gasteiger partial charge in [-0.1, -0.05) is 0 Å². The number of thiazole rings is 1. The van der Waals surface area contributed by atoms with Crippen molar-refractivity contribution in [2.24, 2.45) is 0 Å². The van der Waals surface area contributed by atoms with Crippen LogP contribution in [0.15, 0.2) is 28.1 Å². The SMILES string of the molecule is Cc1ccc(-c2nc(CNC3CCCc4[nH]ncc43)cs2)o1. The summed E-state index contributed by atoms with van der Waals surface area (Å²) in [6, 6.07) is 4.32. The summed E-state index contributed by atoms with van der Waals surface area (Å²) in [7, 11) is 0. The fourth-order valence-corrected chi connectivity index (χ4v) is 3.73. The third-order valence-corrected chi connectivity index (χ3v) is 4.98. The molecule has 0 saturated heterocycles. The first-order valence-corrected chi connectivity index (χ1v) is 8.44. The Bertz CT molecular complexity index is 773. The molecule has 1 aliphatic carbocycles. The topological polar surface area (TPSA) is 66.7 Å². The minimum absolute atomic E-state index is 0.374. The van der Waals surface area contributed by atoms with Crippen LogP contribution in [0.4, 0.5) is 0 Å². The summed E-state index contributed by atoms with van der Waals surface area (Å²) in [6.45, 7) is 2.72. The Kier molecular flexibility index (Phi) is 3.56. The quantitative estimate of drug-likeness (QED) is 0.772. The Labute approximate surface area is 132 Å². The van der Waals surface area contributed by atoms with Crippen LogP contribution in [0.1, 0.15) is 41.6 Å². The molecule has 4 rings (SSSR count). The van der Waals surface area contributed by atoms with Gasteiger partial charge in [0.2, 0.25) is 0 Å². The van der Waals surface area contributed by atoms with Gasteiger partial charge in [0.1, 0.15) is 5.76 Å². The van der Waals surface area contributed by atoms with Gasteiger partial charge in [-0.2, -0.15) is 5.10 Å². The normalized spacial score (nSPS) is 17.6. The third-order valence-electron chi connectivity index (χ3n) is 4.08. The fourth-order valence-electron chi connectivity index (χ4n) is 2.95. The van der Waals surface area contributed by atoms with Crippen molar-refractivity contribution in [3.05, 3.63) is 46.4 Å². The summed E-state index contributed by atoms with van der Waals surface area (Å²) in [5, 5.41) is 13.9. The van der Waals surface area contributed by atoms with Crippen molar-refractivity contribution >= 4 is 11.3 Å². The van der Waals surface area contributed by atoms with Crippen LogP contribution < -0.4 is 5.32 Å². The molecule has 0 bridgehead atoms. The lowest BCUT2D eigenvalue weighted by molar-refractivity contribution is 0.455. The van der Waals surface area contributed by atoms with Crippen LogP contribution in [0.25, 0.3) is 10.8 Å². The molecule has 5 nitrogen and oxygen atoms in total. The Morgan fingerprint density at radius 1 is 1.45 bits per heavy atom. The number of nitrogens with one attached hydrogen (secondary N) is 2. The van der Waals surface area contributed by atoms with Crippen molar-refractivity contribution in [1.82, 2.24) is 20.5 Å². The van der Waals surface area contributed by atoms with E-state index in [-0.39, 0.29) is 0 Å². The van der Waals surface area contributed by atoms with E-state index in [1.54, 1.807) is 11.3 Å². The van der Waals surface area contributed by atoms with Gasteiger partial charge in [-0.3, -0.25) is 5.10 Å². The molecule has 0 amide bonds. The van der Waals surface area contributed by atoms with Crippen LogP contribution in [0.3, 0.4) is 0 Å². The molecule has 6 heteroatoms. The molecule has 0 spiro atoms. The third kappa shape index (κ3) is 2.60. The molecule has 3 aromatic heterocycles. The highest BCUT2D eigenvalue weighted by Crippen LogP contribution is 2.29. The van der Waals surface area contributed by atoms with E-state index in [2.05, 4.69) is 25.9 Å². The van der Waals surface area contributed by atoms with Crippen LogP contribution in [-0.2, 0) is 13.0 Å². The molecular formula is C16H18N4OS. The van der Waals surface area contributed by atoms with Crippen LogP contribution >= 0.6 is 11.3 Å². The number of furan rings is 1. The molecule has 0 fully saturated rings. The van der Waals surface area contributed by atoms with Gasteiger partial charge in [0.05, 0.1) is 11.9 Å². The molecule has 0 aliphatic heterocycles. The van der Waals surface area contributed by atoms with Crippen molar-refractivity contribution in [2.45, 2.75) is 38.8 Å². The largest absolute Gasteiger partial charge is 0.459 e. The second-order valence-electron chi connectivity index (χ2n) is 5.68. The van der Waals surface area contributed by atoms with Gasteiger partial charge in [-0.15, -0.1) is 11.3 Å². The molecule has 1 aliphatic rings. The molecule has 22 heavy (non-hydrogen) atoms. The first kappa shape index (κ1) is 13.7. The van der Waals surface area contributed by atoms with Crippen molar-refractivity contribution in [2.75, 3.05) is 0 Å². The zero-order chi connectivity index (χ0) is 14.9. The second kappa shape index (κ2) is 5.70. The number of H-pyrrole nitrogens is 1. The van der Waals surface area contributed by atoms with Gasteiger partial charge in [-0.25, -0.2) is 4.98 Å². The molecule has 114 valence electrons. The highest BCUT2D eigenvalue weighted by Gasteiger charge is 2.21. The predicted octanol–water partition coefficient (Wildman–Crippen LogP) is 3.60. The fraction of sp³-hybridized carbons (Fsp3) is 0.375. The van der Waals surface area contributed by atoms with Gasteiger partial charge in [-0.05, 0) is 38.3 Å². The standard InChI is InChI=1S/C16H18N4OS/c1-10-5-6-15(21-10)16-19-11(9-22-16)7-17-13-3-2-4-14-12(13)8-18-20-14/h5-6,8-9,13,17H,2-4,7H2,1H3,(H,18,20). The second-order valence-corrected chi connectivity index (χ2v) is 6.54. The van der Waals surface area contributed by atoms with E-state index in [0.717, 1.165) is 41.6 Å². The summed E-state index contributed by atoms with van der Waals surface area (Å²) in [5.41, 5.74) is 3.64. The summed E-state index contributed by atoms with van der Waals surface area (Å²) in [4.78, 5) is 4.66. The number of nitrogens with zero attached hydrogens (tertiary/aromatic N) is 2. The lowest BCUT2D eigenvalue weighted by Crippen LogP contribution is -2.24. The monoisotopic (exact) mass is 314 g/mol. The van der Waals surface area contributed by atoms with E-state index in [1.165, 1.54) is 17.7 Å². The Balaban J connectivity index is 1.44. The molecule has 0 radical (unpaired) electrons. The number of aryl methyl sites for hydroxylation is 2. The average molecular weight is 314 g/mol. The van der Waals surface area contributed by atoms with Gasteiger partial charge in [0.25, 0.3) is 0 Å². The van der Waals surface area contributed by atoms with Crippen molar-refractivity contribution < 1.29 is 4.42 Å². The highest BCUT2D eigenvalue weighted by atomic mass is 32.1. The zero-order valence-corrected chi connectivity index (χ0v) is 13.2. The summed E-state index contributed by atoms with van der Waals surface area (Å²) >= 11 is 1.63. The first-order valence-electron chi connectivity index (χ1n) is 7.56. The van der Waals surface area contributed by atoms with Crippen molar-refractivity contribution in [3.8, 4) is 10.8 Å². The number of aromatic nitrogens is 3. The summed E-state index contributed by atoms with van der Waals surface area (Å²) in [6.07, 6.45) is 5.40. The van der Waals surface area contributed by atoms with E-state index >= 15 is 0 Å². The maximum Gasteiger partial charge on any atom is 0.162 e. The number of rotatable bonds is 4. The summed E-state index contributed by atoms with van der Waals surface area (Å²) < 4.78 is 5.63. The number of fused-ring (bicyclic) bond motifs is 1. The molecule has 0 saturated carbocycles. The van der Waals surface area contributed by atoms with Gasteiger partial charge >= 0.3 is 0 Å². The summed E-state index contributed by atoms with van der Waals surface area (Å²) in [5.74, 6) is 1.77. The maximum atomic E-state index is 5.63. The Morgan fingerprint density at radius 2 is 2.41 bits per heavy atom. The predicted molar refractivity (Wildman–Crippen MR) is 85.7 cm³/mol. The van der Waals surface area contributed by atoms with Gasteiger partial charge < -0.3 is 9.73 Å². The molecular weight excluding hydrogens is 296 g/mol. The van der Waals surface area contributed by atoms with E-state index in [1.807, 2.05) is 25.3 Å². The molecule has 1 atom stereocenters. The minimum Gasteiger partial charge on any atom is -0.459 e. The number of hydrogen-bond acceptors (Lipinski definition) is 5. The minimum atomic E-state index is 0.374. The smallest absolute Gasteiger partial charge is 0.162 e. The number of hydrogen-bond donors (Lipinski definition) is 2. The van der Waals surface area contributed by atoms with E-state index < -0.39 is 0 Å². The van der Waals surface area contributed by atoms with E-state index in [0.29, 0.717) is 6.04 Å². The lowest BCUT2D eigenvalue weighted by Gasteiger charge is -2.22. The van der Waals surface area contributed by atoms with Crippen molar-refractivity contribution in [1.29, 1.82) is 0 Å². The maximum absolute atomic E-state index is 5.63. The first-order chi connectivity index (χ1) is 10.8. The van der Waals surface area contributed by atoms with Gasteiger partial charge in [0, 0.05) is 29.2 Å². The molecule has 2 N–H and O–H groups in total. The van der Waals surface area contributed by atoms with Crippen molar-refractivity contribution in [3.63, 3.8) is 0 Å². The lowest BCUT2D eigenvalue weighted by atomic mass is 9.93. The molecule has 3 aromatic rings. The molecule has 3 heterocycles. The average Bonchev–Trinajstić information content (AvgIpc) is 3.24. The molecule has 0 aromatic carbocycles. The Hall–Kier alpha value is -1.92. The highest BCUT2D eigenvalue weighted by molar-refractivity contribution is 7.13. The van der Waals surface area contributed by atoms with Crippen LogP contribution in [0.5, 0.6) is 0 Å². The molecule has 1 unspecified atom stereocenters.